The van der Waals surface area contributed by atoms with Crippen molar-refractivity contribution in [1.82, 2.24) is 25.1 Å². The van der Waals surface area contributed by atoms with Gasteiger partial charge in [-0.3, -0.25) is 0 Å². The third kappa shape index (κ3) is 4.65. The van der Waals surface area contributed by atoms with Crippen molar-refractivity contribution >= 4 is 32.7 Å². The summed E-state index contributed by atoms with van der Waals surface area (Å²) in [5.74, 6) is -2.11. The minimum absolute atomic E-state index is 0.0845. The molecule has 1 amide bonds. The number of nitrogens with zero attached hydrogens (tertiary/aromatic N) is 3. The van der Waals surface area contributed by atoms with Gasteiger partial charge < -0.3 is 0 Å². The van der Waals surface area contributed by atoms with Crippen LogP contribution in [-0.4, -0.2) is 49.2 Å². The van der Waals surface area contributed by atoms with Gasteiger partial charge >= 0.3 is 170 Å². The number of rotatable bonds is 6. The molecule has 2 aromatic carbocycles. The molecular formula is C22H17F2N5O2Po. The Morgan fingerprint density at radius 2 is 1.97 bits per heavy atom. The molecule has 0 aliphatic heterocycles. The molecule has 7 nitrogen and oxygen atoms in total. The van der Waals surface area contributed by atoms with Crippen LogP contribution in [0.5, 0.6) is 0 Å². The van der Waals surface area contributed by atoms with Crippen molar-refractivity contribution in [3.63, 3.8) is 0 Å². The van der Waals surface area contributed by atoms with Gasteiger partial charge in [0.1, 0.15) is 0 Å². The molecule has 162 valence electrons. The molecule has 0 saturated carbocycles. The number of amides is 1. The van der Waals surface area contributed by atoms with E-state index in [9.17, 15) is 18.4 Å². The molecule has 1 atom stereocenters. The van der Waals surface area contributed by atoms with E-state index < -0.39 is 52.7 Å². The van der Waals surface area contributed by atoms with E-state index in [4.69, 9.17) is 0 Å². The molecule has 2 N–H and O–H groups in total. The molecule has 0 radical (unpaired) electrons. The van der Waals surface area contributed by atoms with Gasteiger partial charge in [-0.15, -0.1) is 0 Å². The summed E-state index contributed by atoms with van der Waals surface area (Å²) in [5, 5.41) is 6.66. The number of carbonyl (C=O) groups is 1. The molecule has 2 heterocycles. The van der Waals surface area contributed by atoms with Crippen molar-refractivity contribution in [3.8, 4) is 5.95 Å². The second-order valence-electron chi connectivity index (χ2n) is 6.75. The molecule has 0 spiro atoms. The molecule has 0 unspecified atom stereocenters. The van der Waals surface area contributed by atoms with Gasteiger partial charge in [0, 0.05) is 12.4 Å². The van der Waals surface area contributed by atoms with Crippen LogP contribution in [0.4, 0.5) is 8.78 Å². The van der Waals surface area contributed by atoms with Crippen molar-refractivity contribution in [2.75, 3.05) is 0 Å². The summed E-state index contributed by atoms with van der Waals surface area (Å²) in [6.45, 7) is 0. The van der Waals surface area contributed by atoms with Crippen LogP contribution in [0.2, 0.25) is 4.58 Å². The van der Waals surface area contributed by atoms with Crippen molar-refractivity contribution < 1.29 is 13.6 Å². The summed E-state index contributed by atoms with van der Waals surface area (Å²) in [6.07, 6.45) is 4.25. The predicted octanol–water partition coefficient (Wildman–Crippen LogP) is 2.13. The van der Waals surface area contributed by atoms with Crippen molar-refractivity contribution in [1.29, 1.82) is 0 Å². The van der Waals surface area contributed by atoms with Crippen LogP contribution in [0.25, 0.3) is 5.95 Å². The summed E-state index contributed by atoms with van der Waals surface area (Å²) in [5.41, 5.74) is -0.221. The number of hydrogen-bond donors (Lipinski definition) is 2. The Morgan fingerprint density at radius 3 is 2.59 bits per heavy atom. The first-order valence-electron chi connectivity index (χ1n) is 9.45. The summed E-state index contributed by atoms with van der Waals surface area (Å²) in [4.78, 5) is 32.0. The average Bonchev–Trinajstić information content (AvgIpc) is 3.33. The Bertz CT molecular complexity index is 1310. The topological polar surface area (TPSA) is 92.7 Å². The minimum atomic E-state index is -0.927. The van der Waals surface area contributed by atoms with Gasteiger partial charge in [-0.1, -0.05) is 0 Å². The second-order valence-corrected chi connectivity index (χ2v) is 10.2. The van der Waals surface area contributed by atoms with E-state index >= 15 is 0 Å². The third-order valence-corrected chi connectivity index (χ3v) is 7.64. The zero-order chi connectivity index (χ0) is 22.7. The fourth-order valence-corrected chi connectivity index (χ4v) is 4.73. The Labute approximate surface area is 193 Å². The number of aromatic nitrogens is 4. The Balaban J connectivity index is 1.69. The van der Waals surface area contributed by atoms with E-state index in [-0.39, 0.29) is 17.1 Å². The zero-order valence-corrected chi connectivity index (χ0v) is 19.9. The fourth-order valence-electron chi connectivity index (χ4n) is 3.14. The third-order valence-electron chi connectivity index (χ3n) is 4.75. The number of nitrogens with one attached hydrogen (secondary N) is 2. The predicted molar refractivity (Wildman–Crippen MR) is 115 cm³/mol. The van der Waals surface area contributed by atoms with Crippen LogP contribution >= 0.6 is 0 Å². The zero-order valence-electron chi connectivity index (χ0n) is 16.8. The first kappa shape index (κ1) is 22.0. The number of H-pyrrole nitrogens is 1. The van der Waals surface area contributed by atoms with Crippen LogP contribution in [0.15, 0.2) is 71.9 Å². The van der Waals surface area contributed by atoms with Gasteiger partial charge in [-0.2, -0.15) is 5.10 Å². The van der Waals surface area contributed by atoms with E-state index in [1.807, 2.05) is 12.1 Å². The number of benzene rings is 2. The van der Waals surface area contributed by atoms with Crippen molar-refractivity contribution in [3.05, 3.63) is 106 Å². The summed E-state index contributed by atoms with van der Waals surface area (Å²) in [7, 11) is 0. The molecule has 32 heavy (non-hydrogen) atoms. The van der Waals surface area contributed by atoms with E-state index in [2.05, 4.69) is 25.0 Å². The molecule has 10 heteroatoms. The first-order valence-corrected chi connectivity index (χ1v) is 14.2. The standard InChI is InChI=1S/C21H14F2N5O2.CH3.Po/c22-14-7-8-15(17(23)11-14)18(13-5-2-1-3-6-13)26-19(29)16-12-24-21(27-20(16)30)28-10-4-9-25-28;;/h2-12,18H,(H,26,29)(H,24,27,30);1H3;/t18-;;/m0../s1. The van der Waals surface area contributed by atoms with Gasteiger partial charge in [0.15, 0.2) is 0 Å². The van der Waals surface area contributed by atoms with Crippen LogP contribution in [-0.2, 0) is 0 Å². The maximum atomic E-state index is 14.6. The quantitative estimate of drug-likeness (QED) is 0.342. The van der Waals surface area contributed by atoms with E-state index in [0.29, 0.717) is 5.56 Å². The summed E-state index contributed by atoms with van der Waals surface area (Å²) in [6, 6.07) is 11.4. The van der Waals surface area contributed by atoms with Crippen LogP contribution in [0.1, 0.15) is 27.5 Å². The molecule has 2 aromatic heterocycles. The van der Waals surface area contributed by atoms with Gasteiger partial charge in [-0.05, 0) is 6.07 Å². The van der Waals surface area contributed by atoms with Gasteiger partial charge in [0.25, 0.3) is 0 Å². The molecule has 0 saturated heterocycles. The van der Waals surface area contributed by atoms with Crippen LogP contribution < -0.4 is 14.1 Å². The monoisotopic (exact) mass is 630 g/mol. The number of halogens is 2. The van der Waals surface area contributed by atoms with Gasteiger partial charge in [0.05, 0.1) is 0 Å². The molecule has 0 aliphatic rings. The van der Waals surface area contributed by atoms with Crippen LogP contribution in [0, 0.1) is 11.6 Å². The molecule has 0 fully saturated rings. The molecule has 0 bridgehead atoms. The Morgan fingerprint density at radius 1 is 1.19 bits per heavy atom. The SMILES string of the molecule is [CH3][Po][c]1ccc([C@H](NC(=O)c2cnc(-n3cccn3)[nH]c2=O)c2ccc(F)cc2F)cc1. The molecule has 4 aromatic rings. The van der Waals surface area contributed by atoms with Crippen LogP contribution in [0.3, 0.4) is 0 Å². The molecule has 4 rings (SSSR count). The number of carbonyl (C=O) groups excluding carboxylic acids is 1. The van der Waals surface area contributed by atoms with Gasteiger partial charge in [0.2, 0.25) is 0 Å². The van der Waals surface area contributed by atoms with E-state index in [1.54, 1.807) is 24.4 Å². The van der Waals surface area contributed by atoms with Gasteiger partial charge in [-0.25, -0.2) is 0 Å². The van der Waals surface area contributed by atoms with E-state index in [0.717, 1.165) is 18.3 Å². The average molecular weight is 630 g/mol. The normalized spacial score (nSPS) is 11.8. The molecule has 0 aliphatic carbocycles. The maximum absolute atomic E-state index is 14.6. The summed E-state index contributed by atoms with van der Waals surface area (Å²) < 4.78 is 32.8. The molecular weight excluding hydrogens is 613 g/mol. The summed E-state index contributed by atoms with van der Waals surface area (Å²) >= 11 is -0.628. The first-order chi connectivity index (χ1) is 15.5. The number of hydrogen-bond acceptors (Lipinski definition) is 4. The van der Waals surface area contributed by atoms with Crippen molar-refractivity contribution in [2.45, 2.75) is 10.6 Å². The second kappa shape index (κ2) is 9.49. The fraction of sp³-hybridized carbons (Fsp3) is 0.0909. The van der Waals surface area contributed by atoms with E-state index in [1.165, 1.54) is 20.2 Å². The Kier molecular flexibility index (Phi) is 6.52. The number of aromatic amines is 1. The van der Waals surface area contributed by atoms with Crippen molar-refractivity contribution in [2.24, 2.45) is 0 Å². The Hall–Kier alpha value is -3.24.